The Labute approximate surface area is 163 Å². The first-order valence-electron chi connectivity index (χ1n) is 9.29. The van der Waals surface area contributed by atoms with Gasteiger partial charge in [-0.1, -0.05) is 23.7 Å². The van der Waals surface area contributed by atoms with E-state index in [4.69, 9.17) is 11.6 Å². The fraction of sp³-hybridized carbons (Fsp3) is 0.450. The summed E-state index contributed by atoms with van der Waals surface area (Å²) in [6.07, 6.45) is 7.49. The SMILES string of the molecule is O=C(Cn1ccnc1)N1CCC2(CC1)CC(=O)N(Cc1ccc(Cl)cc1)C2. The molecule has 27 heavy (non-hydrogen) atoms. The molecule has 0 aliphatic carbocycles. The van der Waals surface area contributed by atoms with Crippen molar-refractivity contribution in [2.24, 2.45) is 5.41 Å². The van der Waals surface area contributed by atoms with Crippen LogP contribution in [0.2, 0.25) is 5.02 Å². The first-order valence-corrected chi connectivity index (χ1v) is 9.67. The molecule has 7 heteroatoms. The lowest BCUT2D eigenvalue weighted by Crippen LogP contribution is -2.45. The van der Waals surface area contributed by atoms with Crippen LogP contribution in [0.15, 0.2) is 43.0 Å². The minimum Gasteiger partial charge on any atom is -0.341 e. The summed E-state index contributed by atoms with van der Waals surface area (Å²) in [7, 11) is 0. The summed E-state index contributed by atoms with van der Waals surface area (Å²) in [5, 5.41) is 0.704. The van der Waals surface area contributed by atoms with E-state index in [2.05, 4.69) is 4.98 Å². The van der Waals surface area contributed by atoms with E-state index < -0.39 is 0 Å². The summed E-state index contributed by atoms with van der Waals surface area (Å²) < 4.78 is 1.79. The quantitative estimate of drug-likeness (QED) is 0.811. The van der Waals surface area contributed by atoms with E-state index in [-0.39, 0.29) is 17.2 Å². The third-order valence-corrected chi connectivity index (χ3v) is 6.00. The fourth-order valence-electron chi connectivity index (χ4n) is 4.14. The maximum atomic E-state index is 12.6. The normalized spacial score (nSPS) is 19.1. The molecule has 142 valence electrons. The van der Waals surface area contributed by atoms with Crippen molar-refractivity contribution in [2.45, 2.75) is 32.4 Å². The zero-order valence-electron chi connectivity index (χ0n) is 15.2. The van der Waals surface area contributed by atoms with E-state index in [0.29, 0.717) is 24.5 Å². The molecule has 4 rings (SSSR count). The van der Waals surface area contributed by atoms with Crippen molar-refractivity contribution in [1.29, 1.82) is 0 Å². The van der Waals surface area contributed by atoms with Crippen molar-refractivity contribution < 1.29 is 9.59 Å². The standard InChI is InChI=1S/C20H23ClN4O2/c21-17-3-1-16(2-4-17)12-25-14-20(11-18(25)26)5-8-24(9-6-20)19(27)13-23-10-7-22-15-23/h1-4,7,10,15H,5-6,8-9,11-14H2. The Morgan fingerprint density at radius 1 is 1.19 bits per heavy atom. The number of carbonyl (C=O) groups excluding carboxylic acids is 2. The van der Waals surface area contributed by atoms with Crippen molar-refractivity contribution in [1.82, 2.24) is 19.4 Å². The van der Waals surface area contributed by atoms with E-state index in [1.807, 2.05) is 34.1 Å². The number of benzene rings is 1. The van der Waals surface area contributed by atoms with Crippen LogP contribution in [0.5, 0.6) is 0 Å². The molecule has 2 aliphatic heterocycles. The summed E-state index contributed by atoms with van der Waals surface area (Å²) in [5.41, 5.74) is 1.10. The summed E-state index contributed by atoms with van der Waals surface area (Å²) in [6.45, 7) is 3.17. The highest BCUT2D eigenvalue weighted by Gasteiger charge is 2.45. The van der Waals surface area contributed by atoms with Gasteiger partial charge in [0.2, 0.25) is 11.8 Å². The zero-order valence-corrected chi connectivity index (χ0v) is 15.9. The molecule has 1 aromatic carbocycles. The molecule has 2 aromatic rings. The third-order valence-electron chi connectivity index (χ3n) is 5.75. The predicted molar refractivity (Wildman–Crippen MR) is 102 cm³/mol. The minimum absolute atomic E-state index is 0.00922. The molecule has 2 amide bonds. The Hall–Kier alpha value is -2.34. The van der Waals surface area contributed by atoms with Gasteiger partial charge in [0.1, 0.15) is 6.54 Å². The molecule has 0 radical (unpaired) electrons. The van der Waals surface area contributed by atoms with Crippen molar-refractivity contribution in [3.8, 4) is 0 Å². The number of hydrogen-bond donors (Lipinski definition) is 0. The average Bonchev–Trinajstić information content (AvgIpc) is 3.26. The lowest BCUT2D eigenvalue weighted by molar-refractivity contribution is -0.134. The van der Waals surface area contributed by atoms with E-state index in [9.17, 15) is 9.59 Å². The summed E-state index contributed by atoms with van der Waals surface area (Å²) in [4.78, 5) is 32.9. The maximum Gasteiger partial charge on any atom is 0.242 e. The molecular weight excluding hydrogens is 364 g/mol. The highest BCUT2D eigenvalue weighted by molar-refractivity contribution is 6.30. The Kier molecular flexibility index (Phi) is 4.91. The van der Waals surface area contributed by atoms with E-state index in [0.717, 1.165) is 38.0 Å². The Morgan fingerprint density at radius 3 is 2.59 bits per heavy atom. The van der Waals surface area contributed by atoms with Gasteiger partial charge in [0.25, 0.3) is 0 Å². The molecule has 0 bridgehead atoms. The van der Waals surface area contributed by atoms with Crippen LogP contribution in [-0.2, 0) is 22.7 Å². The molecule has 2 saturated heterocycles. The van der Waals surface area contributed by atoms with Gasteiger partial charge in [-0.2, -0.15) is 0 Å². The van der Waals surface area contributed by atoms with Gasteiger partial charge in [0.15, 0.2) is 0 Å². The molecular formula is C20H23ClN4O2. The first-order chi connectivity index (χ1) is 13.0. The van der Waals surface area contributed by atoms with Gasteiger partial charge in [-0.05, 0) is 30.5 Å². The number of rotatable bonds is 4. The molecule has 6 nitrogen and oxygen atoms in total. The number of nitrogens with zero attached hydrogens (tertiary/aromatic N) is 4. The topological polar surface area (TPSA) is 58.4 Å². The van der Waals surface area contributed by atoms with Gasteiger partial charge in [0, 0.05) is 55.4 Å². The third kappa shape index (κ3) is 4.00. The first kappa shape index (κ1) is 18.0. The molecule has 2 aliphatic rings. The molecule has 1 spiro atoms. The van der Waals surface area contributed by atoms with Gasteiger partial charge in [-0.15, -0.1) is 0 Å². The Balaban J connectivity index is 1.33. The summed E-state index contributed by atoms with van der Waals surface area (Å²) in [6, 6.07) is 7.66. The highest BCUT2D eigenvalue weighted by Crippen LogP contribution is 2.41. The second kappa shape index (κ2) is 7.35. The summed E-state index contributed by atoms with van der Waals surface area (Å²) in [5.74, 6) is 0.327. The number of aromatic nitrogens is 2. The number of hydrogen-bond acceptors (Lipinski definition) is 3. The molecule has 2 fully saturated rings. The van der Waals surface area contributed by atoms with Crippen LogP contribution in [0, 0.1) is 5.41 Å². The van der Waals surface area contributed by atoms with Crippen LogP contribution in [-0.4, -0.2) is 50.8 Å². The van der Waals surface area contributed by atoms with Crippen molar-refractivity contribution >= 4 is 23.4 Å². The van der Waals surface area contributed by atoms with Gasteiger partial charge in [-0.25, -0.2) is 4.98 Å². The smallest absolute Gasteiger partial charge is 0.242 e. The summed E-state index contributed by atoms with van der Waals surface area (Å²) >= 11 is 5.94. The Bertz CT molecular complexity index is 811. The van der Waals surface area contributed by atoms with Crippen LogP contribution >= 0.6 is 11.6 Å². The lowest BCUT2D eigenvalue weighted by atomic mass is 9.77. The molecule has 1 aromatic heterocycles. The number of amides is 2. The van der Waals surface area contributed by atoms with E-state index in [1.54, 1.807) is 23.3 Å². The molecule has 0 unspecified atom stereocenters. The van der Waals surface area contributed by atoms with Gasteiger partial charge in [0.05, 0.1) is 6.33 Å². The van der Waals surface area contributed by atoms with Gasteiger partial charge >= 0.3 is 0 Å². The molecule has 0 atom stereocenters. The van der Waals surface area contributed by atoms with E-state index in [1.165, 1.54) is 0 Å². The second-order valence-electron chi connectivity index (χ2n) is 7.67. The van der Waals surface area contributed by atoms with Gasteiger partial charge < -0.3 is 14.4 Å². The molecule has 3 heterocycles. The highest BCUT2D eigenvalue weighted by atomic mass is 35.5. The lowest BCUT2D eigenvalue weighted by Gasteiger charge is -2.38. The minimum atomic E-state index is 0.00922. The van der Waals surface area contributed by atoms with Crippen LogP contribution < -0.4 is 0 Å². The monoisotopic (exact) mass is 386 g/mol. The fourth-order valence-corrected chi connectivity index (χ4v) is 4.26. The molecule has 0 N–H and O–H groups in total. The van der Waals surface area contributed by atoms with Crippen molar-refractivity contribution in [3.05, 3.63) is 53.6 Å². The van der Waals surface area contributed by atoms with Crippen LogP contribution in [0.25, 0.3) is 0 Å². The maximum absolute atomic E-state index is 12.6. The van der Waals surface area contributed by atoms with Crippen LogP contribution in [0.3, 0.4) is 0 Å². The predicted octanol–water partition coefficient (Wildman–Crippen LogP) is 2.58. The van der Waals surface area contributed by atoms with Crippen molar-refractivity contribution in [2.75, 3.05) is 19.6 Å². The number of imidazole rings is 1. The van der Waals surface area contributed by atoms with Crippen molar-refractivity contribution in [3.63, 3.8) is 0 Å². The Morgan fingerprint density at radius 2 is 1.93 bits per heavy atom. The number of piperidine rings is 1. The number of carbonyl (C=O) groups is 2. The number of halogens is 1. The van der Waals surface area contributed by atoms with Crippen LogP contribution in [0.1, 0.15) is 24.8 Å². The van der Waals surface area contributed by atoms with E-state index >= 15 is 0 Å². The van der Waals surface area contributed by atoms with Gasteiger partial charge in [-0.3, -0.25) is 9.59 Å². The number of likely N-dealkylation sites (tertiary alicyclic amines) is 2. The zero-order chi connectivity index (χ0) is 18.9. The van der Waals surface area contributed by atoms with Crippen LogP contribution in [0.4, 0.5) is 0 Å². The second-order valence-corrected chi connectivity index (χ2v) is 8.11. The average molecular weight is 387 g/mol. The molecule has 0 saturated carbocycles. The largest absolute Gasteiger partial charge is 0.341 e.